The van der Waals surface area contributed by atoms with E-state index in [1.165, 1.54) is 31.4 Å². The number of sulfonamides is 1. The van der Waals surface area contributed by atoms with Crippen molar-refractivity contribution in [1.29, 1.82) is 0 Å². The molecule has 2 N–H and O–H groups in total. The molecule has 0 radical (unpaired) electrons. The summed E-state index contributed by atoms with van der Waals surface area (Å²) in [6.45, 7) is 2.14. The predicted molar refractivity (Wildman–Crippen MR) is 92.4 cm³/mol. The lowest BCUT2D eigenvalue weighted by Gasteiger charge is -2.13. The molecular weight excluding hydrogens is 366 g/mol. The monoisotopic (exact) mass is 384 g/mol. The Morgan fingerprint density at radius 2 is 1.77 bits per heavy atom. The first-order chi connectivity index (χ1) is 12.2. The van der Waals surface area contributed by atoms with Gasteiger partial charge in [-0.3, -0.25) is 9.52 Å². The molecule has 0 saturated heterocycles. The Bertz CT molecular complexity index is 886. The van der Waals surface area contributed by atoms with Gasteiger partial charge in [0.15, 0.2) is 11.6 Å². The van der Waals surface area contributed by atoms with Gasteiger partial charge in [0, 0.05) is 24.4 Å². The molecule has 1 amide bonds. The second kappa shape index (κ2) is 8.24. The van der Waals surface area contributed by atoms with Crippen molar-refractivity contribution in [3.63, 3.8) is 0 Å². The summed E-state index contributed by atoms with van der Waals surface area (Å²) in [4.78, 5) is 11.6. The Labute approximate surface area is 150 Å². The molecule has 1 unspecified atom stereocenters. The van der Waals surface area contributed by atoms with Crippen molar-refractivity contribution in [2.75, 3.05) is 18.4 Å². The number of ether oxygens (including phenoxy) is 1. The Balaban J connectivity index is 2.10. The van der Waals surface area contributed by atoms with Crippen LogP contribution in [0.25, 0.3) is 0 Å². The fraction of sp³-hybridized carbons (Fsp3) is 0.235. The van der Waals surface area contributed by atoms with Crippen molar-refractivity contribution in [2.24, 2.45) is 0 Å². The van der Waals surface area contributed by atoms with E-state index in [9.17, 15) is 22.0 Å². The molecule has 2 rings (SSSR count). The number of hydrogen-bond acceptors (Lipinski definition) is 4. The van der Waals surface area contributed by atoms with Crippen LogP contribution in [0.1, 0.15) is 17.3 Å². The number of anilines is 1. The second-order valence-electron chi connectivity index (χ2n) is 5.59. The molecule has 1 atom stereocenters. The van der Waals surface area contributed by atoms with Crippen molar-refractivity contribution in [2.45, 2.75) is 17.9 Å². The van der Waals surface area contributed by atoms with Crippen molar-refractivity contribution < 1.29 is 26.7 Å². The van der Waals surface area contributed by atoms with Gasteiger partial charge < -0.3 is 10.1 Å². The van der Waals surface area contributed by atoms with E-state index in [4.69, 9.17) is 4.74 Å². The van der Waals surface area contributed by atoms with Gasteiger partial charge in [0.2, 0.25) is 0 Å². The summed E-state index contributed by atoms with van der Waals surface area (Å²) in [5.74, 6) is -2.73. The molecule has 0 aliphatic carbocycles. The number of halogens is 2. The topological polar surface area (TPSA) is 84.5 Å². The molecule has 9 heteroatoms. The summed E-state index contributed by atoms with van der Waals surface area (Å²) in [5, 5.41) is 2.72. The predicted octanol–water partition coefficient (Wildman–Crippen LogP) is 2.53. The maximum atomic E-state index is 13.2. The van der Waals surface area contributed by atoms with Gasteiger partial charge in [0.05, 0.1) is 11.5 Å². The van der Waals surface area contributed by atoms with Crippen LogP contribution in [-0.4, -0.2) is 34.1 Å². The molecule has 0 aliphatic rings. The van der Waals surface area contributed by atoms with E-state index >= 15 is 0 Å². The van der Waals surface area contributed by atoms with Gasteiger partial charge >= 0.3 is 0 Å². The van der Waals surface area contributed by atoms with Crippen molar-refractivity contribution in [3.05, 3.63) is 59.7 Å². The van der Waals surface area contributed by atoms with Crippen LogP contribution in [0.4, 0.5) is 14.5 Å². The fourth-order valence-corrected chi connectivity index (χ4v) is 3.22. The highest BCUT2D eigenvalue weighted by Crippen LogP contribution is 2.18. The quantitative estimate of drug-likeness (QED) is 0.768. The molecular formula is C17H18F2N2O4S. The van der Waals surface area contributed by atoms with Gasteiger partial charge in [-0.25, -0.2) is 17.2 Å². The van der Waals surface area contributed by atoms with Crippen LogP contribution in [0.15, 0.2) is 47.4 Å². The summed E-state index contributed by atoms with van der Waals surface area (Å²) in [5.41, 5.74) is 0.514. The van der Waals surface area contributed by atoms with Gasteiger partial charge in [-0.05, 0) is 49.4 Å². The Morgan fingerprint density at radius 3 is 2.35 bits per heavy atom. The van der Waals surface area contributed by atoms with Crippen LogP contribution in [0, 0.1) is 11.6 Å². The molecule has 0 saturated carbocycles. The average molecular weight is 384 g/mol. The van der Waals surface area contributed by atoms with Crippen molar-refractivity contribution in [1.82, 2.24) is 5.32 Å². The van der Waals surface area contributed by atoms with Crippen LogP contribution in [0.2, 0.25) is 0 Å². The Hall–Kier alpha value is -2.52. The van der Waals surface area contributed by atoms with Crippen LogP contribution in [0.5, 0.6) is 0 Å². The van der Waals surface area contributed by atoms with E-state index in [-0.39, 0.29) is 17.6 Å². The fourth-order valence-electron chi connectivity index (χ4n) is 2.15. The lowest BCUT2D eigenvalue weighted by atomic mass is 10.2. The number of nitrogens with one attached hydrogen (secondary N) is 2. The number of benzene rings is 2. The van der Waals surface area contributed by atoms with E-state index in [1.807, 2.05) is 0 Å². The smallest absolute Gasteiger partial charge is 0.261 e. The van der Waals surface area contributed by atoms with Gasteiger partial charge in [-0.15, -0.1) is 0 Å². The third-order valence-corrected chi connectivity index (χ3v) is 4.77. The van der Waals surface area contributed by atoms with Gasteiger partial charge in [0.25, 0.3) is 15.9 Å². The number of hydrogen-bond donors (Lipinski definition) is 2. The van der Waals surface area contributed by atoms with Gasteiger partial charge in [-0.1, -0.05) is 0 Å². The normalized spacial score (nSPS) is 12.5. The van der Waals surface area contributed by atoms with Crippen molar-refractivity contribution in [3.8, 4) is 0 Å². The zero-order chi connectivity index (χ0) is 19.3. The zero-order valence-electron chi connectivity index (χ0n) is 14.1. The minimum Gasteiger partial charge on any atom is -0.383 e. The third-order valence-electron chi connectivity index (χ3n) is 3.39. The number of rotatable bonds is 7. The Kier molecular flexibility index (Phi) is 6.27. The number of methoxy groups -OCH3 is 1. The van der Waals surface area contributed by atoms with E-state index in [1.54, 1.807) is 6.92 Å². The molecule has 2 aromatic carbocycles. The second-order valence-corrected chi connectivity index (χ2v) is 7.27. The largest absolute Gasteiger partial charge is 0.383 e. The molecule has 140 valence electrons. The highest BCUT2D eigenvalue weighted by atomic mass is 32.2. The van der Waals surface area contributed by atoms with Gasteiger partial charge in [-0.2, -0.15) is 0 Å². The van der Waals surface area contributed by atoms with Gasteiger partial charge in [0.1, 0.15) is 0 Å². The maximum Gasteiger partial charge on any atom is 0.261 e. The van der Waals surface area contributed by atoms with E-state index in [0.717, 1.165) is 12.1 Å². The van der Waals surface area contributed by atoms with Crippen molar-refractivity contribution >= 4 is 21.6 Å². The summed E-state index contributed by atoms with van der Waals surface area (Å²) in [7, 11) is -2.56. The van der Waals surface area contributed by atoms with Crippen LogP contribution >= 0.6 is 0 Å². The highest BCUT2D eigenvalue weighted by molar-refractivity contribution is 7.92. The average Bonchev–Trinajstić information content (AvgIpc) is 2.57. The third kappa shape index (κ3) is 4.99. The Morgan fingerprint density at radius 1 is 1.12 bits per heavy atom. The van der Waals surface area contributed by atoms with Crippen LogP contribution in [0.3, 0.4) is 0 Å². The molecule has 2 aromatic rings. The SMILES string of the molecule is COCC(C)NC(=O)c1ccc(NS(=O)(=O)c2ccc(F)c(F)c2)cc1. The summed E-state index contributed by atoms with van der Waals surface area (Å²) in [6, 6.07) is 7.78. The first-order valence-corrected chi connectivity index (χ1v) is 9.09. The van der Waals surface area contributed by atoms with E-state index in [0.29, 0.717) is 18.2 Å². The summed E-state index contributed by atoms with van der Waals surface area (Å²) < 4.78 is 57.8. The lowest BCUT2D eigenvalue weighted by molar-refractivity contribution is 0.0905. The van der Waals surface area contributed by atoms with E-state index < -0.39 is 26.6 Å². The first-order valence-electron chi connectivity index (χ1n) is 7.60. The van der Waals surface area contributed by atoms with E-state index in [2.05, 4.69) is 10.0 Å². The lowest BCUT2D eigenvalue weighted by Crippen LogP contribution is -2.35. The molecule has 0 heterocycles. The standard InChI is InChI=1S/C17H18F2N2O4S/c1-11(10-25-2)20-17(22)12-3-5-13(6-4-12)21-26(23,24)14-7-8-15(18)16(19)9-14/h3-9,11,21H,10H2,1-2H3,(H,20,22). The molecule has 0 bridgehead atoms. The minimum absolute atomic E-state index is 0.177. The maximum absolute atomic E-state index is 13.2. The van der Waals surface area contributed by atoms with Crippen LogP contribution < -0.4 is 10.0 Å². The molecule has 0 spiro atoms. The molecule has 0 aromatic heterocycles. The number of carbonyl (C=O) groups excluding carboxylic acids is 1. The summed E-state index contributed by atoms with van der Waals surface area (Å²) in [6.07, 6.45) is 0. The first kappa shape index (κ1) is 19.8. The number of amides is 1. The molecule has 26 heavy (non-hydrogen) atoms. The zero-order valence-corrected chi connectivity index (χ0v) is 14.9. The number of carbonyl (C=O) groups is 1. The highest BCUT2D eigenvalue weighted by Gasteiger charge is 2.17. The van der Waals surface area contributed by atoms with Crippen LogP contribution in [-0.2, 0) is 14.8 Å². The minimum atomic E-state index is -4.09. The molecule has 0 aliphatic heterocycles. The molecule has 6 nitrogen and oxygen atoms in total. The summed E-state index contributed by atoms with van der Waals surface area (Å²) >= 11 is 0. The molecule has 0 fully saturated rings.